The molecule has 160 valence electrons. The van der Waals surface area contributed by atoms with Gasteiger partial charge in [-0.05, 0) is 35.9 Å². The summed E-state index contributed by atoms with van der Waals surface area (Å²) in [7, 11) is 3.18. The van der Waals surface area contributed by atoms with Crippen molar-refractivity contribution in [2.45, 2.75) is 18.9 Å². The second-order valence-electron chi connectivity index (χ2n) is 7.39. The third kappa shape index (κ3) is 3.63. The number of rotatable bonds is 6. The van der Waals surface area contributed by atoms with Gasteiger partial charge in [-0.25, -0.2) is 0 Å². The van der Waals surface area contributed by atoms with Gasteiger partial charge in [-0.2, -0.15) is 4.98 Å². The Morgan fingerprint density at radius 3 is 2.74 bits per heavy atom. The zero-order valence-corrected chi connectivity index (χ0v) is 17.2. The van der Waals surface area contributed by atoms with Crippen LogP contribution in [0.2, 0.25) is 0 Å². The molecule has 1 aromatic heterocycles. The summed E-state index contributed by atoms with van der Waals surface area (Å²) in [6, 6.07) is 11.1. The van der Waals surface area contributed by atoms with Crippen LogP contribution in [-0.2, 0) is 11.3 Å². The van der Waals surface area contributed by atoms with E-state index in [0.717, 1.165) is 11.1 Å². The van der Waals surface area contributed by atoms with Crippen molar-refractivity contribution in [1.29, 1.82) is 0 Å². The molecule has 2 aliphatic rings. The molecule has 0 N–H and O–H groups in total. The first-order valence-corrected chi connectivity index (χ1v) is 9.87. The van der Waals surface area contributed by atoms with E-state index >= 15 is 0 Å². The Kier molecular flexibility index (Phi) is 4.85. The molecule has 1 saturated heterocycles. The second-order valence-corrected chi connectivity index (χ2v) is 7.39. The number of nitrogens with zero attached hydrogens (tertiary/aromatic N) is 3. The number of benzene rings is 2. The lowest BCUT2D eigenvalue weighted by Crippen LogP contribution is -2.24. The average Bonchev–Trinajstić information content (AvgIpc) is 3.53. The Hall–Kier alpha value is -3.75. The van der Waals surface area contributed by atoms with Crippen LogP contribution in [0.4, 0.5) is 0 Å². The van der Waals surface area contributed by atoms with Crippen LogP contribution < -0.4 is 18.9 Å². The van der Waals surface area contributed by atoms with Crippen molar-refractivity contribution in [2.24, 2.45) is 0 Å². The third-order valence-corrected chi connectivity index (χ3v) is 5.46. The molecule has 0 saturated carbocycles. The lowest BCUT2D eigenvalue weighted by atomic mass is 10.1. The number of carbonyl (C=O) groups is 1. The Morgan fingerprint density at radius 1 is 1.06 bits per heavy atom. The fourth-order valence-electron chi connectivity index (χ4n) is 3.84. The number of amides is 1. The summed E-state index contributed by atoms with van der Waals surface area (Å²) in [6.45, 7) is 1.20. The van der Waals surface area contributed by atoms with Gasteiger partial charge in [0.1, 0.15) is 0 Å². The van der Waals surface area contributed by atoms with Crippen LogP contribution in [0.3, 0.4) is 0 Å². The van der Waals surface area contributed by atoms with E-state index in [4.69, 9.17) is 23.5 Å². The van der Waals surface area contributed by atoms with Gasteiger partial charge in [0.2, 0.25) is 12.7 Å². The zero-order chi connectivity index (χ0) is 21.4. The molecule has 0 spiro atoms. The molecule has 9 nitrogen and oxygen atoms in total. The van der Waals surface area contributed by atoms with Crippen molar-refractivity contribution in [3.8, 4) is 34.5 Å². The number of hydrogen-bond acceptors (Lipinski definition) is 8. The van der Waals surface area contributed by atoms with Gasteiger partial charge in [-0.1, -0.05) is 11.2 Å². The number of carbonyl (C=O) groups excluding carboxylic acids is 1. The number of fused-ring (bicyclic) bond motifs is 1. The highest BCUT2D eigenvalue weighted by Crippen LogP contribution is 2.36. The molecule has 3 heterocycles. The molecule has 9 heteroatoms. The molecular formula is C22H21N3O6. The first-order valence-electron chi connectivity index (χ1n) is 9.87. The molecule has 0 bridgehead atoms. The van der Waals surface area contributed by atoms with Gasteiger partial charge >= 0.3 is 0 Å². The van der Waals surface area contributed by atoms with E-state index in [1.807, 2.05) is 36.4 Å². The van der Waals surface area contributed by atoms with Gasteiger partial charge in [0.25, 0.3) is 5.89 Å². The van der Waals surface area contributed by atoms with E-state index in [2.05, 4.69) is 10.1 Å². The highest BCUT2D eigenvalue weighted by Gasteiger charge is 2.34. The summed E-state index contributed by atoms with van der Waals surface area (Å²) in [5, 5.41) is 4.12. The SMILES string of the molecule is COc1ccc(CN2CC(c3noc(-c4ccc5c(c4)OCO5)n3)CC2=O)cc1OC. The number of likely N-dealkylation sites (tertiary alicyclic amines) is 1. The number of methoxy groups -OCH3 is 2. The molecular weight excluding hydrogens is 402 g/mol. The largest absolute Gasteiger partial charge is 0.493 e. The fraction of sp³-hybridized carbons (Fsp3) is 0.318. The molecule has 31 heavy (non-hydrogen) atoms. The fourth-order valence-corrected chi connectivity index (χ4v) is 3.84. The molecule has 1 atom stereocenters. The van der Waals surface area contributed by atoms with Gasteiger partial charge in [0.05, 0.1) is 14.2 Å². The van der Waals surface area contributed by atoms with E-state index < -0.39 is 0 Å². The highest BCUT2D eigenvalue weighted by atomic mass is 16.7. The summed E-state index contributed by atoms with van der Waals surface area (Å²) < 4.78 is 26.8. The maximum Gasteiger partial charge on any atom is 0.258 e. The van der Waals surface area contributed by atoms with E-state index in [-0.39, 0.29) is 18.6 Å². The summed E-state index contributed by atoms with van der Waals surface area (Å²) >= 11 is 0. The molecule has 1 fully saturated rings. The molecule has 1 unspecified atom stereocenters. The Morgan fingerprint density at radius 2 is 1.90 bits per heavy atom. The van der Waals surface area contributed by atoms with Crippen molar-refractivity contribution >= 4 is 5.91 Å². The van der Waals surface area contributed by atoms with E-state index in [0.29, 0.717) is 54.2 Å². The van der Waals surface area contributed by atoms with Gasteiger partial charge < -0.3 is 28.4 Å². The molecule has 5 rings (SSSR count). The first-order chi connectivity index (χ1) is 15.1. The van der Waals surface area contributed by atoms with Crippen LogP contribution in [-0.4, -0.2) is 48.5 Å². The minimum atomic E-state index is -0.126. The van der Waals surface area contributed by atoms with Crippen molar-refractivity contribution in [3.05, 3.63) is 47.8 Å². The Balaban J connectivity index is 1.29. The van der Waals surface area contributed by atoms with E-state index in [1.54, 1.807) is 19.1 Å². The minimum Gasteiger partial charge on any atom is -0.493 e. The highest BCUT2D eigenvalue weighted by molar-refractivity contribution is 5.79. The zero-order valence-electron chi connectivity index (χ0n) is 17.2. The normalized spacial score (nSPS) is 17.3. The quantitative estimate of drug-likeness (QED) is 0.597. The van der Waals surface area contributed by atoms with Crippen LogP contribution in [0.1, 0.15) is 23.7 Å². The Labute approximate surface area is 178 Å². The minimum absolute atomic E-state index is 0.0502. The number of ether oxygens (including phenoxy) is 4. The van der Waals surface area contributed by atoms with Crippen molar-refractivity contribution < 1.29 is 28.3 Å². The topological polar surface area (TPSA) is 96.2 Å². The van der Waals surface area contributed by atoms with Crippen LogP contribution in [0.15, 0.2) is 40.9 Å². The van der Waals surface area contributed by atoms with E-state index in [9.17, 15) is 4.79 Å². The van der Waals surface area contributed by atoms with Gasteiger partial charge in [-0.15, -0.1) is 0 Å². The van der Waals surface area contributed by atoms with Crippen LogP contribution in [0.5, 0.6) is 23.0 Å². The predicted molar refractivity (Wildman–Crippen MR) is 108 cm³/mol. The molecule has 1 amide bonds. The molecule has 0 radical (unpaired) electrons. The third-order valence-electron chi connectivity index (χ3n) is 5.46. The first kappa shape index (κ1) is 19.2. The van der Waals surface area contributed by atoms with Gasteiger partial charge in [0.15, 0.2) is 28.8 Å². The van der Waals surface area contributed by atoms with Crippen molar-refractivity contribution in [2.75, 3.05) is 27.6 Å². The monoisotopic (exact) mass is 423 g/mol. The number of aromatic nitrogens is 2. The van der Waals surface area contributed by atoms with Gasteiger partial charge in [-0.3, -0.25) is 4.79 Å². The standard InChI is InChI=1S/C22H21N3O6/c1-27-16-5-3-13(7-18(16)28-2)10-25-11-15(9-20(25)26)21-23-22(31-24-21)14-4-6-17-19(8-14)30-12-29-17/h3-8,15H,9-12H2,1-2H3. The van der Waals surface area contributed by atoms with Crippen molar-refractivity contribution in [3.63, 3.8) is 0 Å². The molecule has 2 aromatic carbocycles. The molecule has 2 aliphatic heterocycles. The average molecular weight is 423 g/mol. The summed E-state index contributed by atoms with van der Waals surface area (Å²) in [5.41, 5.74) is 1.70. The maximum atomic E-state index is 12.6. The lowest BCUT2D eigenvalue weighted by molar-refractivity contribution is -0.128. The van der Waals surface area contributed by atoms with Crippen molar-refractivity contribution in [1.82, 2.24) is 15.0 Å². The van der Waals surface area contributed by atoms with Crippen LogP contribution in [0, 0.1) is 0 Å². The summed E-state index contributed by atoms with van der Waals surface area (Å²) in [4.78, 5) is 18.9. The predicted octanol–water partition coefficient (Wildman–Crippen LogP) is 3.00. The number of hydrogen-bond donors (Lipinski definition) is 0. The Bertz CT molecular complexity index is 1130. The molecule has 0 aliphatic carbocycles. The summed E-state index contributed by atoms with van der Waals surface area (Å²) in [5.74, 6) is 3.46. The van der Waals surface area contributed by atoms with Crippen LogP contribution in [0.25, 0.3) is 11.5 Å². The van der Waals surface area contributed by atoms with Crippen LogP contribution >= 0.6 is 0 Å². The van der Waals surface area contributed by atoms with Gasteiger partial charge in [0, 0.05) is 31.0 Å². The lowest BCUT2D eigenvalue weighted by Gasteiger charge is -2.17. The summed E-state index contributed by atoms with van der Waals surface area (Å²) in [6.07, 6.45) is 0.341. The van der Waals surface area contributed by atoms with E-state index in [1.165, 1.54) is 0 Å². The smallest absolute Gasteiger partial charge is 0.258 e. The maximum absolute atomic E-state index is 12.6. The molecule has 3 aromatic rings. The second kappa shape index (κ2) is 7.82.